The normalized spacial score (nSPS) is 13.1. The Bertz CT molecular complexity index is 974. The van der Waals surface area contributed by atoms with E-state index in [0.29, 0.717) is 11.6 Å². The summed E-state index contributed by atoms with van der Waals surface area (Å²) in [6, 6.07) is 17.5. The number of amides is 1. The van der Waals surface area contributed by atoms with Gasteiger partial charge in [0.05, 0.1) is 0 Å². The monoisotopic (exact) mass is 469 g/mol. The molecule has 6 nitrogen and oxygen atoms in total. The van der Waals surface area contributed by atoms with Crippen LogP contribution >= 0.6 is 22.6 Å². The zero-order valence-electron chi connectivity index (χ0n) is 14.4. The third kappa shape index (κ3) is 4.94. The summed E-state index contributed by atoms with van der Waals surface area (Å²) in [6.45, 7) is 0. The maximum atomic E-state index is 11.9. The fourth-order valence-corrected chi connectivity index (χ4v) is 3.16. The van der Waals surface area contributed by atoms with Gasteiger partial charge in [-0.3, -0.25) is 4.79 Å². The third-order valence-electron chi connectivity index (χ3n) is 4.11. The number of carbonyl (C=O) groups excluding carboxylic acids is 1. The van der Waals surface area contributed by atoms with Crippen molar-refractivity contribution in [3.05, 3.63) is 64.5 Å². The van der Waals surface area contributed by atoms with Crippen molar-refractivity contribution >= 4 is 57.2 Å². The first-order valence-electron chi connectivity index (χ1n) is 8.68. The molecule has 1 saturated carbocycles. The quantitative estimate of drug-likeness (QED) is 0.447. The minimum absolute atomic E-state index is 0.0955. The van der Waals surface area contributed by atoms with Gasteiger partial charge in [-0.05, 0) is 71.8 Å². The lowest BCUT2D eigenvalue weighted by Crippen LogP contribution is -2.13. The number of anilines is 5. The SMILES string of the molecule is O=C(Nc1cccc(Nc2cc(Nc3cccc([125I])c3)ncn2)c1)C1CC1. The molecule has 2 aromatic carbocycles. The van der Waals surface area contributed by atoms with Crippen LogP contribution in [0.2, 0.25) is 0 Å². The van der Waals surface area contributed by atoms with E-state index in [-0.39, 0.29) is 11.8 Å². The van der Waals surface area contributed by atoms with Crippen molar-refractivity contribution in [2.24, 2.45) is 5.92 Å². The van der Waals surface area contributed by atoms with Gasteiger partial charge in [0.2, 0.25) is 5.91 Å². The molecule has 0 unspecified atom stereocenters. The number of aromatic nitrogens is 2. The van der Waals surface area contributed by atoms with Gasteiger partial charge in [-0.1, -0.05) is 12.1 Å². The lowest BCUT2D eigenvalue weighted by Gasteiger charge is -2.10. The standard InChI is InChI=1S/C20H18IN5O/c21-14-3-1-4-15(9-14)24-18-11-19(23-12-22-18)25-16-5-2-6-17(10-16)26-20(27)13-7-8-13/h1-6,9-13H,7-8H2,(H,26,27)(H2,22,23,24,25)/i21-2. The van der Waals surface area contributed by atoms with Crippen molar-refractivity contribution in [1.29, 1.82) is 0 Å². The van der Waals surface area contributed by atoms with Gasteiger partial charge in [0.15, 0.2) is 0 Å². The number of halogens is 1. The molecule has 0 aliphatic heterocycles. The Hall–Kier alpha value is -2.68. The Balaban J connectivity index is 1.45. The predicted octanol–water partition coefficient (Wildman–Crippen LogP) is 4.92. The summed E-state index contributed by atoms with van der Waals surface area (Å²) in [5, 5.41) is 9.49. The van der Waals surface area contributed by atoms with Gasteiger partial charge in [-0.25, -0.2) is 9.97 Å². The van der Waals surface area contributed by atoms with E-state index >= 15 is 0 Å². The van der Waals surface area contributed by atoms with Crippen LogP contribution < -0.4 is 16.0 Å². The molecule has 1 amide bonds. The van der Waals surface area contributed by atoms with E-state index in [2.05, 4.69) is 48.5 Å². The fourth-order valence-electron chi connectivity index (χ4n) is 2.62. The summed E-state index contributed by atoms with van der Waals surface area (Å²) >= 11 is 2.27. The molecule has 7 heteroatoms. The molecule has 1 aromatic heterocycles. The second-order valence-electron chi connectivity index (χ2n) is 6.39. The molecule has 1 aliphatic carbocycles. The molecule has 3 aromatic rings. The van der Waals surface area contributed by atoms with Crippen LogP contribution in [0.1, 0.15) is 12.8 Å². The lowest BCUT2D eigenvalue weighted by molar-refractivity contribution is -0.117. The summed E-state index contributed by atoms with van der Waals surface area (Å²) in [5.41, 5.74) is 2.60. The molecule has 27 heavy (non-hydrogen) atoms. The van der Waals surface area contributed by atoms with Gasteiger partial charge in [0.1, 0.15) is 18.0 Å². The molecule has 0 spiro atoms. The summed E-state index contributed by atoms with van der Waals surface area (Å²) in [7, 11) is 0. The minimum Gasteiger partial charge on any atom is -0.340 e. The van der Waals surface area contributed by atoms with Crippen molar-refractivity contribution in [2.75, 3.05) is 16.0 Å². The first kappa shape index (κ1) is 17.7. The van der Waals surface area contributed by atoms with E-state index in [0.717, 1.165) is 33.5 Å². The average molecular weight is 469 g/mol. The van der Waals surface area contributed by atoms with E-state index in [9.17, 15) is 4.79 Å². The molecule has 4 rings (SSSR count). The van der Waals surface area contributed by atoms with Crippen LogP contribution in [-0.4, -0.2) is 15.9 Å². The molecule has 0 atom stereocenters. The van der Waals surface area contributed by atoms with Crippen LogP contribution in [0.3, 0.4) is 0 Å². The molecule has 0 bridgehead atoms. The number of hydrogen-bond acceptors (Lipinski definition) is 5. The molecule has 3 N–H and O–H groups in total. The zero-order valence-corrected chi connectivity index (χ0v) is 16.6. The highest BCUT2D eigenvalue weighted by Gasteiger charge is 2.29. The first-order chi connectivity index (χ1) is 13.2. The number of benzene rings is 2. The maximum absolute atomic E-state index is 11.9. The molecule has 136 valence electrons. The average Bonchev–Trinajstić information content (AvgIpc) is 3.48. The fraction of sp³-hybridized carbons (Fsp3) is 0.150. The second kappa shape index (κ2) is 7.91. The highest BCUT2D eigenvalue weighted by atomic mass is 125. The van der Waals surface area contributed by atoms with Crippen LogP contribution in [0, 0.1) is 9.49 Å². The Morgan fingerprint density at radius 2 is 1.52 bits per heavy atom. The van der Waals surface area contributed by atoms with Crippen LogP contribution in [-0.2, 0) is 4.79 Å². The lowest BCUT2D eigenvalue weighted by atomic mass is 10.2. The Labute approximate surface area is 171 Å². The zero-order chi connectivity index (χ0) is 18.6. The van der Waals surface area contributed by atoms with E-state index < -0.39 is 0 Å². The highest BCUT2D eigenvalue weighted by Crippen LogP contribution is 2.30. The van der Waals surface area contributed by atoms with Gasteiger partial charge < -0.3 is 16.0 Å². The Morgan fingerprint density at radius 3 is 2.19 bits per heavy atom. The van der Waals surface area contributed by atoms with E-state index in [1.165, 1.54) is 6.33 Å². The number of nitrogens with one attached hydrogen (secondary N) is 3. The summed E-state index contributed by atoms with van der Waals surface area (Å²) in [5.74, 6) is 1.65. The molecular formula is C20H18IN5O. The molecule has 0 saturated heterocycles. The predicted molar refractivity (Wildman–Crippen MR) is 116 cm³/mol. The summed E-state index contributed by atoms with van der Waals surface area (Å²) in [4.78, 5) is 20.5. The van der Waals surface area contributed by atoms with Crippen molar-refractivity contribution in [2.45, 2.75) is 12.8 Å². The number of hydrogen-bond donors (Lipinski definition) is 3. The topological polar surface area (TPSA) is 78.9 Å². The van der Waals surface area contributed by atoms with Crippen LogP contribution in [0.4, 0.5) is 28.7 Å². The van der Waals surface area contributed by atoms with Gasteiger partial charge in [0.25, 0.3) is 0 Å². The van der Waals surface area contributed by atoms with Gasteiger partial charge >= 0.3 is 0 Å². The Kier molecular flexibility index (Phi) is 5.19. The smallest absolute Gasteiger partial charge is 0.227 e. The highest BCUT2D eigenvalue weighted by molar-refractivity contribution is 14.1. The third-order valence-corrected chi connectivity index (χ3v) is 4.79. The first-order valence-corrected chi connectivity index (χ1v) is 9.76. The summed E-state index contributed by atoms with van der Waals surface area (Å²) in [6.07, 6.45) is 3.49. The van der Waals surface area contributed by atoms with Gasteiger partial charge in [-0.2, -0.15) is 0 Å². The van der Waals surface area contributed by atoms with Gasteiger partial charge in [-0.15, -0.1) is 0 Å². The van der Waals surface area contributed by atoms with Gasteiger partial charge in [0, 0.05) is 32.6 Å². The van der Waals surface area contributed by atoms with Crippen molar-refractivity contribution in [1.82, 2.24) is 9.97 Å². The van der Waals surface area contributed by atoms with Crippen LogP contribution in [0.5, 0.6) is 0 Å². The van der Waals surface area contributed by atoms with Crippen molar-refractivity contribution in [3.8, 4) is 0 Å². The van der Waals surface area contributed by atoms with Crippen molar-refractivity contribution in [3.63, 3.8) is 0 Å². The molecule has 1 heterocycles. The van der Waals surface area contributed by atoms with Crippen LogP contribution in [0.15, 0.2) is 60.9 Å². The molecule has 0 radical (unpaired) electrons. The van der Waals surface area contributed by atoms with E-state index in [1.54, 1.807) is 0 Å². The molecule has 1 aliphatic rings. The van der Waals surface area contributed by atoms with Crippen molar-refractivity contribution < 1.29 is 4.79 Å². The maximum Gasteiger partial charge on any atom is 0.227 e. The largest absolute Gasteiger partial charge is 0.340 e. The molecular weight excluding hydrogens is 451 g/mol. The van der Waals surface area contributed by atoms with E-state index in [1.807, 2.05) is 54.6 Å². The number of rotatable bonds is 6. The summed E-state index contributed by atoms with van der Waals surface area (Å²) < 4.78 is 1.15. The number of nitrogens with zero attached hydrogens (tertiary/aromatic N) is 2. The Morgan fingerprint density at radius 1 is 0.889 bits per heavy atom. The van der Waals surface area contributed by atoms with E-state index in [4.69, 9.17) is 0 Å². The minimum atomic E-state index is 0.0955. The van der Waals surface area contributed by atoms with Crippen LogP contribution in [0.25, 0.3) is 0 Å². The molecule has 1 fully saturated rings. The second-order valence-corrected chi connectivity index (χ2v) is 7.64. The number of carbonyl (C=O) groups is 1.